The fraction of sp³-hybridized carbons (Fsp3) is 0.425. The highest BCUT2D eigenvalue weighted by Gasteiger charge is 2.18. The maximum Gasteiger partial charge on any atom is 0.253 e. The summed E-state index contributed by atoms with van der Waals surface area (Å²) >= 11 is 6.26. The molecule has 2 amide bonds. The van der Waals surface area contributed by atoms with E-state index in [-0.39, 0.29) is 11.8 Å². The number of nitrogens with zero attached hydrogens (tertiary/aromatic N) is 1. The molecule has 1 aliphatic rings. The van der Waals surface area contributed by atoms with Crippen LogP contribution in [0.5, 0.6) is 0 Å². The highest BCUT2D eigenvalue weighted by molar-refractivity contribution is 6.31. The molecule has 4 aromatic rings. The van der Waals surface area contributed by atoms with Crippen LogP contribution in [0, 0.1) is 13.8 Å². The van der Waals surface area contributed by atoms with Crippen LogP contribution in [0.15, 0.2) is 60.7 Å². The first-order valence-electron chi connectivity index (χ1n) is 17.7. The molecule has 0 saturated carbocycles. The van der Waals surface area contributed by atoms with E-state index in [1.165, 1.54) is 60.0 Å². The normalized spacial score (nSPS) is 12.4. The first kappa shape index (κ1) is 35.2. The van der Waals surface area contributed by atoms with Crippen LogP contribution in [-0.2, 0) is 17.6 Å². The summed E-state index contributed by atoms with van der Waals surface area (Å²) < 4.78 is 0. The van der Waals surface area contributed by atoms with Gasteiger partial charge < -0.3 is 21.3 Å². The van der Waals surface area contributed by atoms with Crippen LogP contribution in [0.25, 0.3) is 10.9 Å². The quantitative estimate of drug-likeness (QED) is 0.0842. The molecule has 48 heavy (non-hydrogen) atoms. The number of amides is 2. The van der Waals surface area contributed by atoms with Crippen molar-refractivity contribution in [2.45, 2.75) is 90.9 Å². The molecule has 0 fully saturated rings. The Balaban J connectivity index is 0.915. The van der Waals surface area contributed by atoms with Gasteiger partial charge in [0.15, 0.2) is 0 Å². The molecule has 5 rings (SSSR count). The van der Waals surface area contributed by atoms with Crippen molar-refractivity contribution in [1.29, 1.82) is 0 Å². The van der Waals surface area contributed by atoms with E-state index in [0.29, 0.717) is 31.5 Å². The summed E-state index contributed by atoms with van der Waals surface area (Å²) in [7, 11) is 0. The number of carbonyl (C=O) groups is 2. The zero-order valence-corrected chi connectivity index (χ0v) is 29.3. The number of para-hydroxylation sites is 1. The first-order valence-corrected chi connectivity index (χ1v) is 18.1. The molecular formula is C40H50ClN5O2. The van der Waals surface area contributed by atoms with Gasteiger partial charge in [-0.2, -0.15) is 0 Å². The van der Waals surface area contributed by atoms with E-state index in [9.17, 15) is 9.59 Å². The van der Waals surface area contributed by atoms with Gasteiger partial charge >= 0.3 is 0 Å². The van der Waals surface area contributed by atoms with E-state index < -0.39 is 0 Å². The molecule has 0 unspecified atom stereocenters. The van der Waals surface area contributed by atoms with E-state index in [1.54, 1.807) is 0 Å². The minimum absolute atomic E-state index is 0.0420. The van der Waals surface area contributed by atoms with Crippen molar-refractivity contribution in [1.82, 2.24) is 15.6 Å². The Bertz CT molecular complexity index is 1710. The number of aryl methyl sites for hydroxylation is 2. The molecule has 7 nitrogen and oxygen atoms in total. The maximum absolute atomic E-state index is 12.9. The Morgan fingerprint density at radius 2 is 1.50 bits per heavy atom. The van der Waals surface area contributed by atoms with Crippen LogP contribution in [0.4, 0.5) is 17.1 Å². The van der Waals surface area contributed by atoms with Crippen molar-refractivity contribution in [2.75, 3.05) is 30.3 Å². The average Bonchev–Trinajstić information content (AvgIpc) is 3.09. The number of hydrogen-bond acceptors (Lipinski definition) is 5. The Hall–Kier alpha value is -4.10. The Kier molecular flexibility index (Phi) is 13.1. The lowest BCUT2D eigenvalue weighted by molar-refractivity contribution is -0.121. The van der Waals surface area contributed by atoms with Crippen molar-refractivity contribution in [2.24, 2.45) is 0 Å². The number of fused-ring (bicyclic) bond motifs is 2. The van der Waals surface area contributed by atoms with Crippen molar-refractivity contribution in [3.05, 3.63) is 93.6 Å². The third-order valence-electron chi connectivity index (χ3n) is 9.36. The second-order valence-corrected chi connectivity index (χ2v) is 13.4. The fourth-order valence-corrected chi connectivity index (χ4v) is 6.62. The number of carbonyl (C=O) groups excluding carboxylic acids is 2. The smallest absolute Gasteiger partial charge is 0.253 e. The molecule has 1 heterocycles. The predicted molar refractivity (Wildman–Crippen MR) is 200 cm³/mol. The summed E-state index contributed by atoms with van der Waals surface area (Å²) in [4.78, 5) is 30.2. The molecule has 254 valence electrons. The number of pyridine rings is 1. The van der Waals surface area contributed by atoms with Gasteiger partial charge in [-0.25, -0.2) is 0 Å². The minimum atomic E-state index is -0.144. The predicted octanol–water partition coefficient (Wildman–Crippen LogP) is 9.21. The van der Waals surface area contributed by atoms with Crippen molar-refractivity contribution >= 4 is 51.4 Å². The van der Waals surface area contributed by atoms with E-state index in [4.69, 9.17) is 16.6 Å². The van der Waals surface area contributed by atoms with Gasteiger partial charge in [-0.1, -0.05) is 61.5 Å². The lowest BCUT2D eigenvalue weighted by Gasteiger charge is -2.22. The van der Waals surface area contributed by atoms with Gasteiger partial charge in [-0.15, -0.1) is 0 Å². The molecule has 0 spiro atoms. The van der Waals surface area contributed by atoms with E-state index >= 15 is 0 Å². The zero-order valence-electron chi connectivity index (χ0n) is 28.5. The molecule has 1 aromatic heterocycles. The van der Waals surface area contributed by atoms with Gasteiger partial charge in [0.1, 0.15) is 0 Å². The number of unbranched alkanes of at least 4 members (excludes halogenated alkanes) is 5. The average molecular weight is 668 g/mol. The highest BCUT2D eigenvalue weighted by atomic mass is 35.5. The third-order valence-corrected chi connectivity index (χ3v) is 9.60. The van der Waals surface area contributed by atoms with Crippen molar-refractivity contribution in [3.8, 4) is 0 Å². The van der Waals surface area contributed by atoms with Crippen LogP contribution < -0.4 is 21.3 Å². The minimum Gasteiger partial charge on any atom is -0.384 e. The second kappa shape index (κ2) is 17.9. The maximum atomic E-state index is 12.9. The summed E-state index contributed by atoms with van der Waals surface area (Å²) in [5.74, 6) is -0.102. The van der Waals surface area contributed by atoms with Crippen LogP contribution in [0.1, 0.15) is 97.0 Å². The largest absolute Gasteiger partial charge is 0.384 e. The molecule has 0 bridgehead atoms. The second-order valence-electron chi connectivity index (χ2n) is 13.0. The Morgan fingerprint density at radius 3 is 2.35 bits per heavy atom. The van der Waals surface area contributed by atoms with Crippen LogP contribution in [-0.4, -0.2) is 36.4 Å². The van der Waals surface area contributed by atoms with Crippen molar-refractivity contribution < 1.29 is 9.59 Å². The molecule has 4 N–H and O–H groups in total. The topological polar surface area (TPSA) is 95.2 Å². The number of hydrogen-bond donors (Lipinski definition) is 4. The zero-order chi connectivity index (χ0) is 33.7. The number of benzene rings is 3. The molecule has 8 heteroatoms. The first-order chi connectivity index (χ1) is 23.4. The molecule has 0 saturated heterocycles. The number of aromatic nitrogens is 1. The molecular weight excluding hydrogens is 618 g/mol. The summed E-state index contributed by atoms with van der Waals surface area (Å²) in [5, 5.41) is 15.1. The van der Waals surface area contributed by atoms with E-state index in [1.807, 2.05) is 48.5 Å². The molecule has 0 atom stereocenters. The number of halogens is 1. The molecule has 1 aliphatic carbocycles. The SMILES string of the molecule is Cc1cccc(Nc2ccccc2C(=O)NCCCC(=O)NCCCCCCCCNc2c3c(nc4cc(Cl)ccc24)CCCC3)c1C. The van der Waals surface area contributed by atoms with Gasteiger partial charge in [0.25, 0.3) is 5.91 Å². The highest BCUT2D eigenvalue weighted by Crippen LogP contribution is 2.34. The monoisotopic (exact) mass is 667 g/mol. The third kappa shape index (κ3) is 9.72. The summed E-state index contributed by atoms with van der Waals surface area (Å²) in [6, 6.07) is 19.7. The molecule has 3 aromatic carbocycles. The number of rotatable bonds is 17. The van der Waals surface area contributed by atoms with Crippen LogP contribution >= 0.6 is 11.6 Å². The van der Waals surface area contributed by atoms with Gasteiger partial charge in [-0.05, 0) is 112 Å². The van der Waals surface area contributed by atoms with Crippen LogP contribution in [0.3, 0.4) is 0 Å². The summed E-state index contributed by atoms with van der Waals surface area (Å²) in [5.41, 5.74) is 9.57. The van der Waals surface area contributed by atoms with Gasteiger partial charge in [-0.3, -0.25) is 14.6 Å². The van der Waals surface area contributed by atoms with E-state index in [2.05, 4.69) is 47.2 Å². The van der Waals surface area contributed by atoms with E-state index in [0.717, 1.165) is 66.1 Å². The van der Waals surface area contributed by atoms with Crippen LogP contribution in [0.2, 0.25) is 5.02 Å². The fourth-order valence-electron chi connectivity index (χ4n) is 6.46. The standard InChI is InChI=1S/C40H50ClN5O2/c1-28-15-13-20-34(29(28)2)45-36-19-10-8-17-33(36)40(48)44-26-14-21-38(47)42-24-11-5-3-4-6-12-25-43-39-31-16-7-9-18-35(31)46-37-27-30(41)22-23-32(37)39/h8,10,13,15,17,19-20,22-23,27,45H,3-7,9,11-12,14,16,18,21,24-26H2,1-2H3,(H,42,47)(H,43,46)(H,44,48). The Morgan fingerprint density at radius 1 is 0.771 bits per heavy atom. The Labute approximate surface area is 290 Å². The number of nitrogens with one attached hydrogen (secondary N) is 4. The van der Waals surface area contributed by atoms with Crippen molar-refractivity contribution in [3.63, 3.8) is 0 Å². The van der Waals surface area contributed by atoms with Gasteiger partial charge in [0.2, 0.25) is 5.91 Å². The number of anilines is 3. The van der Waals surface area contributed by atoms with Gasteiger partial charge in [0, 0.05) is 53.5 Å². The lowest BCUT2D eigenvalue weighted by atomic mass is 9.92. The summed E-state index contributed by atoms with van der Waals surface area (Å²) in [6.07, 6.45) is 12.4. The van der Waals surface area contributed by atoms with Gasteiger partial charge in [0.05, 0.1) is 16.8 Å². The summed E-state index contributed by atoms with van der Waals surface area (Å²) in [6.45, 7) is 6.26. The molecule has 0 radical (unpaired) electrons. The lowest BCUT2D eigenvalue weighted by Crippen LogP contribution is -2.28. The molecule has 0 aliphatic heterocycles.